The lowest BCUT2D eigenvalue weighted by Crippen LogP contribution is -2.46. The van der Waals surface area contributed by atoms with Gasteiger partial charge in [-0.25, -0.2) is 9.97 Å². The highest BCUT2D eigenvalue weighted by Crippen LogP contribution is 2.25. The first-order valence-electron chi connectivity index (χ1n) is 9.35. The molecule has 0 amide bonds. The van der Waals surface area contributed by atoms with E-state index in [2.05, 4.69) is 63.9 Å². The summed E-state index contributed by atoms with van der Waals surface area (Å²) in [6.45, 7) is 9.09. The molecule has 0 aliphatic carbocycles. The molecule has 1 fully saturated rings. The maximum atomic E-state index is 4.77. The van der Waals surface area contributed by atoms with Gasteiger partial charge >= 0.3 is 0 Å². The molecule has 0 saturated carbocycles. The van der Waals surface area contributed by atoms with Gasteiger partial charge in [-0.3, -0.25) is 9.88 Å². The number of anilines is 1. The van der Waals surface area contributed by atoms with Crippen molar-refractivity contribution in [2.45, 2.75) is 25.5 Å². The van der Waals surface area contributed by atoms with Crippen LogP contribution in [0.2, 0.25) is 0 Å². The van der Waals surface area contributed by atoms with Gasteiger partial charge in [0.2, 0.25) is 0 Å². The molecular formula is C21H25N5S. The molecule has 0 unspecified atom stereocenters. The lowest BCUT2D eigenvalue weighted by atomic mass is 10.1. The summed E-state index contributed by atoms with van der Waals surface area (Å²) in [6, 6.07) is 10.6. The summed E-state index contributed by atoms with van der Waals surface area (Å²) >= 11 is 1.61. The Morgan fingerprint density at radius 2 is 1.78 bits per heavy atom. The molecule has 3 heterocycles. The van der Waals surface area contributed by atoms with Crippen molar-refractivity contribution in [2.24, 2.45) is 0 Å². The maximum absolute atomic E-state index is 4.77. The minimum atomic E-state index is 0.857. The number of pyridine rings is 1. The molecule has 1 aromatic carbocycles. The molecule has 0 atom stereocenters. The normalized spacial score (nSPS) is 15.4. The van der Waals surface area contributed by atoms with E-state index >= 15 is 0 Å². The van der Waals surface area contributed by atoms with Crippen LogP contribution >= 0.6 is 11.8 Å². The van der Waals surface area contributed by atoms with Crippen molar-refractivity contribution >= 4 is 28.4 Å². The van der Waals surface area contributed by atoms with Gasteiger partial charge in [0.05, 0.1) is 5.69 Å². The Kier molecular flexibility index (Phi) is 5.27. The SMILES string of the molecule is CSc1nc(C)c(C)c(N2CCN(Cc3nccc4ccccc34)CC2)n1. The van der Waals surface area contributed by atoms with Crippen LogP contribution in [-0.4, -0.2) is 52.3 Å². The molecule has 1 aliphatic rings. The third-order valence-corrected chi connectivity index (χ3v) is 5.87. The predicted molar refractivity (Wildman–Crippen MR) is 113 cm³/mol. The van der Waals surface area contributed by atoms with Crippen LogP contribution in [0.4, 0.5) is 5.82 Å². The molecule has 3 aromatic rings. The summed E-state index contributed by atoms with van der Waals surface area (Å²) in [5, 5.41) is 3.38. The average molecular weight is 380 g/mol. The van der Waals surface area contributed by atoms with E-state index in [0.29, 0.717) is 0 Å². The fourth-order valence-corrected chi connectivity index (χ4v) is 4.03. The number of thioether (sulfide) groups is 1. The van der Waals surface area contributed by atoms with Crippen LogP contribution in [0.5, 0.6) is 0 Å². The summed E-state index contributed by atoms with van der Waals surface area (Å²) in [7, 11) is 0. The van der Waals surface area contributed by atoms with E-state index in [1.165, 1.54) is 22.0 Å². The molecule has 0 radical (unpaired) electrons. The Balaban J connectivity index is 1.47. The molecule has 1 aliphatic heterocycles. The van der Waals surface area contributed by atoms with E-state index in [9.17, 15) is 0 Å². The first-order valence-corrected chi connectivity index (χ1v) is 10.6. The number of nitrogens with zero attached hydrogens (tertiary/aromatic N) is 5. The van der Waals surface area contributed by atoms with Crippen molar-refractivity contribution < 1.29 is 0 Å². The Morgan fingerprint density at radius 3 is 2.56 bits per heavy atom. The summed E-state index contributed by atoms with van der Waals surface area (Å²) in [5.41, 5.74) is 3.43. The van der Waals surface area contributed by atoms with E-state index < -0.39 is 0 Å². The standard InChI is InChI=1S/C21H25N5S/c1-15-16(2)23-21(27-3)24-20(15)26-12-10-25(11-13-26)14-19-18-7-5-4-6-17(18)8-9-22-19/h4-9H,10-14H2,1-3H3. The van der Waals surface area contributed by atoms with Crippen LogP contribution in [0.1, 0.15) is 17.0 Å². The van der Waals surface area contributed by atoms with Crippen LogP contribution in [-0.2, 0) is 6.54 Å². The topological polar surface area (TPSA) is 45.2 Å². The third kappa shape index (κ3) is 3.77. The van der Waals surface area contributed by atoms with Gasteiger partial charge < -0.3 is 4.90 Å². The highest BCUT2D eigenvalue weighted by molar-refractivity contribution is 7.98. The summed E-state index contributed by atoms with van der Waals surface area (Å²) in [5.74, 6) is 1.09. The zero-order chi connectivity index (χ0) is 18.8. The van der Waals surface area contributed by atoms with Crippen LogP contribution in [0.3, 0.4) is 0 Å². The largest absolute Gasteiger partial charge is 0.354 e. The summed E-state index contributed by atoms with van der Waals surface area (Å²) in [4.78, 5) is 18.9. The first-order chi connectivity index (χ1) is 13.2. The van der Waals surface area contributed by atoms with Crippen LogP contribution < -0.4 is 4.90 Å². The molecule has 140 valence electrons. The average Bonchev–Trinajstić information content (AvgIpc) is 2.71. The summed E-state index contributed by atoms with van der Waals surface area (Å²) in [6.07, 6.45) is 3.95. The van der Waals surface area contributed by atoms with Gasteiger partial charge in [0.1, 0.15) is 5.82 Å². The lowest BCUT2D eigenvalue weighted by Gasteiger charge is -2.36. The van der Waals surface area contributed by atoms with E-state index in [4.69, 9.17) is 4.98 Å². The zero-order valence-electron chi connectivity index (χ0n) is 16.1. The van der Waals surface area contributed by atoms with Crippen molar-refractivity contribution in [3.8, 4) is 0 Å². The predicted octanol–water partition coefficient (Wildman–Crippen LogP) is 3.69. The smallest absolute Gasteiger partial charge is 0.189 e. The van der Waals surface area contributed by atoms with Gasteiger partial charge in [-0.1, -0.05) is 36.0 Å². The van der Waals surface area contributed by atoms with E-state index in [1.807, 2.05) is 12.5 Å². The minimum absolute atomic E-state index is 0.857. The number of hydrogen-bond donors (Lipinski definition) is 0. The van der Waals surface area contributed by atoms with Gasteiger partial charge in [0.15, 0.2) is 5.16 Å². The molecule has 1 saturated heterocycles. The van der Waals surface area contributed by atoms with Crippen molar-refractivity contribution in [1.82, 2.24) is 19.9 Å². The molecule has 27 heavy (non-hydrogen) atoms. The third-order valence-electron chi connectivity index (χ3n) is 5.33. The molecule has 0 spiro atoms. The maximum Gasteiger partial charge on any atom is 0.189 e. The number of piperazine rings is 1. The number of fused-ring (bicyclic) bond motifs is 1. The van der Waals surface area contributed by atoms with Crippen LogP contribution in [0.25, 0.3) is 10.8 Å². The lowest BCUT2D eigenvalue weighted by molar-refractivity contribution is 0.247. The monoisotopic (exact) mass is 379 g/mol. The minimum Gasteiger partial charge on any atom is -0.354 e. The summed E-state index contributed by atoms with van der Waals surface area (Å²) < 4.78 is 0. The molecule has 6 heteroatoms. The van der Waals surface area contributed by atoms with E-state index in [-0.39, 0.29) is 0 Å². The van der Waals surface area contributed by atoms with Crippen molar-refractivity contribution in [1.29, 1.82) is 0 Å². The number of rotatable bonds is 4. The Labute approximate surface area is 164 Å². The highest BCUT2D eigenvalue weighted by atomic mass is 32.2. The zero-order valence-corrected chi connectivity index (χ0v) is 17.0. The van der Waals surface area contributed by atoms with E-state index in [1.54, 1.807) is 11.8 Å². The fraction of sp³-hybridized carbons (Fsp3) is 0.381. The van der Waals surface area contributed by atoms with Crippen molar-refractivity contribution in [2.75, 3.05) is 37.3 Å². The van der Waals surface area contributed by atoms with Crippen LogP contribution in [0.15, 0.2) is 41.7 Å². The van der Waals surface area contributed by atoms with Crippen LogP contribution in [0, 0.1) is 13.8 Å². The second-order valence-corrected chi connectivity index (χ2v) is 7.76. The molecule has 5 nitrogen and oxygen atoms in total. The molecule has 4 rings (SSSR count). The Morgan fingerprint density at radius 1 is 1.00 bits per heavy atom. The molecule has 2 aromatic heterocycles. The Bertz CT molecular complexity index is 945. The first kappa shape index (κ1) is 18.2. The quantitative estimate of drug-likeness (QED) is 0.509. The number of aromatic nitrogens is 3. The molecule has 0 N–H and O–H groups in total. The van der Waals surface area contributed by atoms with Gasteiger partial charge in [-0.15, -0.1) is 0 Å². The van der Waals surface area contributed by atoms with Gasteiger partial charge in [0.25, 0.3) is 0 Å². The second-order valence-electron chi connectivity index (χ2n) is 6.99. The molecule has 0 bridgehead atoms. The molecular weight excluding hydrogens is 354 g/mol. The van der Waals surface area contributed by atoms with Gasteiger partial charge in [0, 0.05) is 55.6 Å². The van der Waals surface area contributed by atoms with E-state index in [0.717, 1.165) is 49.4 Å². The Hall–Kier alpha value is -2.18. The number of benzene rings is 1. The fourth-order valence-electron chi connectivity index (χ4n) is 3.63. The van der Waals surface area contributed by atoms with Gasteiger partial charge in [-0.2, -0.15) is 0 Å². The number of hydrogen-bond acceptors (Lipinski definition) is 6. The second kappa shape index (κ2) is 7.82. The van der Waals surface area contributed by atoms with Crippen molar-refractivity contribution in [3.63, 3.8) is 0 Å². The number of aryl methyl sites for hydroxylation is 1. The highest BCUT2D eigenvalue weighted by Gasteiger charge is 2.21. The van der Waals surface area contributed by atoms with Crippen molar-refractivity contribution in [3.05, 3.63) is 53.5 Å². The van der Waals surface area contributed by atoms with Gasteiger partial charge in [-0.05, 0) is 31.6 Å².